The summed E-state index contributed by atoms with van der Waals surface area (Å²) in [5, 5.41) is 0. The van der Waals surface area contributed by atoms with Gasteiger partial charge in [0.2, 0.25) is 5.91 Å². The zero-order chi connectivity index (χ0) is 19.1. The molecule has 0 N–H and O–H groups in total. The van der Waals surface area contributed by atoms with Crippen molar-refractivity contribution in [2.75, 3.05) is 18.0 Å². The number of nitrogens with zero attached hydrogens (tertiary/aromatic N) is 2. The van der Waals surface area contributed by atoms with Crippen molar-refractivity contribution < 1.29 is 14.3 Å². The van der Waals surface area contributed by atoms with Gasteiger partial charge in [0.15, 0.2) is 0 Å². The molecule has 5 nitrogen and oxygen atoms in total. The van der Waals surface area contributed by atoms with E-state index in [1.165, 1.54) is 0 Å². The van der Waals surface area contributed by atoms with Crippen molar-refractivity contribution in [2.45, 2.75) is 59.1 Å². The standard InChI is InChI=1S/C21H30N2O3/c1-14-10-15(2)13-22(12-14)19(24)18-11-16-8-6-7-9-17(16)23(18)20(25)26-21(3,4)5/h6-9,14-15,18H,10-13H2,1-5H3/t14?,15?,18-/m0/s1. The van der Waals surface area contributed by atoms with Crippen LogP contribution in [0.25, 0.3) is 0 Å². The number of piperidine rings is 1. The van der Waals surface area contributed by atoms with Gasteiger partial charge in [-0.1, -0.05) is 32.0 Å². The van der Waals surface area contributed by atoms with Crippen LogP contribution in [0.1, 0.15) is 46.6 Å². The summed E-state index contributed by atoms with van der Waals surface area (Å²) >= 11 is 0. The maximum Gasteiger partial charge on any atom is 0.415 e. The number of hydrogen-bond acceptors (Lipinski definition) is 3. The molecule has 26 heavy (non-hydrogen) atoms. The van der Waals surface area contributed by atoms with E-state index in [4.69, 9.17) is 4.74 Å². The fraction of sp³-hybridized carbons (Fsp3) is 0.619. The summed E-state index contributed by atoms with van der Waals surface area (Å²) in [4.78, 5) is 29.7. The summed E-state index contributed by atoms with van der Waals surface area (Å²) in [7, 11) is 0. The number of rotatable bonds is 1. The molecule has 0 radical (unpaired) electrons. The first-order valence-electron chi connectivity index (χ1n) is 9.54. The smallest absolute Gasteiger partial charge is 0.415 e. The van der Waals surface area contributed by atoms with Gasteiger partial charge in [-0.15, -0.1) is 0 Å². The number of carbonyl (C=O) groups excluding carboxylic acids is 2. The van der Waals surface area contributed by atoms with E-state index in [1.807, 2.05) is 49.9 Å². The van der Waals surface area contributed by atoms with Gasteiger partial charge in [0.1, 0.15) is 11.6 Å². The highest BCUT2D eigenvalue weighted by molar-refractivity contribution is 6.00. The summed E-state index contributed by atoms with van der Waals surface area (Å²) in [6.07, 6.45) is 1.25. The van der Waals surface area contributed by atoms with Gasteiger partial charge in [-0.25, -0.2) is 4.79 Å². The molecule has 5 heteroatoms. The van der Waals surface area contributed by atoms with Crippen LogP contribution in [0.2, 0.25) is 0 Å². The number of likely N-dealkylation sites (tertiary alicyclic amines) is 1. The molecule has 1 aromatic carbocycles. The first-order valence-corrected chi connectivity index (χ1v) is 9.54. The Hall–Kier alpha value is -2.04. The summed E-state index contributed by atoms with van der Waals surface area (Å²) in [5.41, 5.74) is 1.21. The van der Waals surface area contributed by atoms with Crippen molar-refractivity contribution in [2.24, 2.45) is 11.8 Å². The van der Waals surface area contributed by atoms with Gasteiger partial charge in [-0.2, -0.15) is 0 Å². The van der Waals surface area contributed by atoms with Crippen LogP contribution in [0.5, 0.6) is 0 Å². The average molecular weight is 358 g/mol. The predicted octanol–water partition coefficient (Wildman–Crippen LogP) is 3.86. The second-order valence-electron chi connectivity index (χ2n) is 8.89. The van der Waals surface area contributed by atoms with E-state index in [0.29, 0.717) is 18.3 Å². The monoisotopic (exact) mass is 358 g/mol. The second-order valence-corrected chi connectivity index (χ2v) is 8.89. The number of hydrogen-bond donors (Lipinski definition) is 0. The molecule has 0 aliphatic carbocycles. The number of anilines is 1. The van der Waals surface area contributed by atoms with Crippen LogP contribution in [-0.2, 0) is 16.0 Å². The number of amides is 2. The zero-order valence-electron chi connectivity index (χ0n) is 16.5. The van der Waals surface area contributed by atoms with Crippen LogP contribution in [-0.4, -0.2) is 41.6 Å². The summed E-state index contributed by atoms with van der Waals surface area (Å²) in [6, 6.07) is 7.22. The molecule has 1 saturated heterocycles. The Morgan fingerprint density at radius 2 is 1.69 bits per heavy atom. The second kappa shape index (κ2) is 6.93. The molecule has 3 atom stereocenters. The lowest BCUT2D eigenvalue weighted by molar-refractivity contribution is -0.135. The van der Waals surface area contributed by atoms with E-state index in [-0.39, 0.29) is 5.91 Å². The molecule has 1 aromatic rings. The van der Waals surface area contributed by atoms with Gasteiger partial charge >= 0.3 is 6.09 Å². The number of fused-ring (bicyclic) bond motifs is 1. The molecule has 0 bridgehead atoms. The van der Waals surface area contributed by atoms with Gasteiger partial charge in [0.05, 0.1) is 5.69 Å². The van der Waals surface area contributed by atoms with E-state index in [9.17, 15) is 9.59 Å². The van der Waals surface area contributed by atoms with Gasteiger partial charge in [-0.05, 0) is 50.7 Å². The van der Waals surface area contributed by atoms with Crippen LogP contribution in [0.15, 0.2) is 24.3 Å². The van der Waals surface area contributed by atoms with E-state index in [1.54, 1.807) is 4.90 Å². The lowest BCUT2D eigenvalue weighted by Gasteiger charge is -2.38. The molecule has 0 spiro atoms. The topological polar surface area (TPSA) is 49.9 Å². The zero-order valence-corrected chi connectivity index (χ0v) is 16.5. The van der Waals surface area contributed by atoms with Crippen molar-refractivity contribution in [3.63, 3.8) is 0 Å². The third-order valence-electron chi connectivity index (χ3n) is 5.03. The molecule has 2 amide bonds. The minimum Gasteiger partial charge on any atom is -0.443 e. The van der Waals surface area contributed by atoms with Gasteiger partial charge in [0, 0.05) is 19.5 Å². The third kappa shape index (κ3) is 3.87. The van der Waals surface area contributed by atoms with Gasteiger partial charge in [0.25, 0.3) is 0 Å². The first kappa shape index (κ1) is 18.7. The molecule has 2 heterocycles. The molecule has 2 aliphatic heterocycles. The Kier molecular flexibility index (Phi) is 5.00. The van der Waals surface area contributed by atoms with E-state index >= 15 is 0 Å². The van der Waals surface area contributed by atoms with Crippen molar-refractivity contribution in [1.82, 2.24) is 4.90 Å². The van der Waals surface area contributed by atoms with Crippen LogP contribution in [0, 0.1) is 11.8 Å². The van der Waals surface area contributed by atoms with Crippen molar-refractivity contribution in [1.29, 1.82) is 0 Å². The van der Waals surface area contributed by atoms with Gasteiger partial charge < -0.3 is 9.64 Å². The van der Waals surface area contributed by atoms with Crippen LogP contribution in [0.3, 0.4) is 0 Å². The molecular weight excluding hydrogens is 328 g/mol. The van der Waals surface area contributed by atoms with Crippen molar-refractivity contribution in [3.8, 4) is 0 Å². The molecule has 2 unspecified atom stereocenters. The van der Waals surface area contributed by atoms with Crippen LogP contribution >= 0.6 is 0 Å². The minimum absolute atomic E-state index is 0.0328. The molecule has 2 aliphatic rings. The predicted molar refractivity (Wildman–Crippen MR) is 102 cm³/mol. The molecule has 1 fully saturated rings. The summed E-state index contributed by atoms with van der Waals surface area (Å²) in [6.45, 7) is 11.4. The number of para-hydroxylation sites is 1. The first-order chi connectivity index (χ1) is 12.2. The highest BCUT2D eigenvalue weighted by Gasteiger charge is 2.43. The fourth-order valence-electron chi connectivity index (χ4n) is 4.17. The Balaban J connectivity index is 1.87. The highest BCUT2D eigenvalue weighted by Crippen LogP contribution is 2.35. The third-order valence-corrected chi connectivity index (χ3v) is 5.03. The quantitative estimate of drug-likeness (QED) is 0.766. The fourth-order valence-corrected chi connectivity index (χ4v) is 4.17. The Morgan fingerprint density at radius 3 is 2.31 bits per heavy atom. The van der Waals surface area contributed by atoms with Crippen molar-refractivity contribution in [3.05, 3.63) is 29.8 Å². The van der Waals surface area contributed by atoms with E-state index < -0.39 is 17.7 Å². The van der Waals surface area contributed by atoms with E-state index in [2.05, 4.69) is 13.8 Å². The minimum atomic E-state index is -0.601. The molecule has 0 aromatic heterocycles. The molecular formula is C21H30N2O3. The average Bonchev–Trinajstić information content (AvgIpc) is 2.91. The van der Waals surface area contributed by atoms with Crippen LogP contribution < -0.4 is 4.90 Å². The highest BCUT2D eigenvalue weighted by atomic mass is 16.6. The summed E-state index contributed by atoms with van der Waals surface area (Å²) in [5.74, 6) is 1.01. The Bertz CT molecular complexity index is 685. The van der Waals surface area contributed by atoms with Crippen LogP contribution in [0.4, 0.5) is 10.5 Å². The number of carbonyl (C=O) groups is 2. The lowest BCUT2D eigenvalue weighted by Crippen LogP contribution is -2.53. The Morgan fingerprint density at radius 1 is 1.08 bits per heavy atom. The molecule has 3 rings (SSSR count). The van der Waals surface area contributed by atoms with Crippen molar-refractivity contribution >= 4 is 17.7 Å². The van der Waals surface area contributed by atoms with E-state index in [0.717, 1.165) is 30.8 Å². The Labute approximate surface area is 156 Å². The maximum absolute atomic E-state index is 13.3. The molecule has 142 valence electrons. The number of ether oxygens (including phenoxy) is 1. The molecule has 0 saturated carbocycles. The SMILES string of the molecule is CC1CC(C)CN(C(=O)[C@@H]2Cc3ccccc3N2C(=O)OC(C)(C)C)C1. The maximum atomic E-state index is 13.3. The largest absolute Gasteiger partial charge is 0.443 e. The summed E-state index contributed by atoms with van der Waals surface area (Å²) < 4.78 is 5.60. The lowest BCUT2D eigenvalue weighted by atomic mass is 9.91. The van der Waals surface area contributed by atoms with Gasteiger partial charge in [-0.3, -0.25) is 9.69 Å². The number of benzene rings is 1. The normalized spacial score (nSPS) is 25.8.